The molecule has 2 amide bonds. The SMILES string of the molecule is COc1ccc(C(=O)N2CCC(NC(=O)c3ccccc3OC(F)F)c3c2cnn3C)cc1OC. The molecule has 1 aliphatic heterocycles. The number of anilines is 1. The summed E-state index contributed by atoms with van der Waals surface area (Å²) in [5.74, 6) is -0.120. The largest absolute Gasteiger partial charge is 0.493 e. The van der Waals surface area contributed by atoms with Gasteiger partial charge in [-0.2, -0.15) is 13.9 Å². The van der Waals surface area contributed by atoms with Gasteiger partial charge < -0.3 is 24.4 Å². The highest BCUT2D eigenvalue weighted by molar-refractivity contribution is 6.07. The molecule has 1 N–H and O–H groups in total. The number of methoxy groups -OCH3 is 2. The summed E-state index contributed by atoms with van der Waals surface area (Å²) in [5, 5.41) is 7.14. The van der Waals surface area contributed by atoms with E-state index in [1.165, 1.54) is 32.4 Å². The van der Waals surface area contributed by atoms with E-state index in [-0.39, 0.29) is 17.2 Å². The maximum Gasteiger partial charge on any atom is 0.387 e. The molecule has 4 rings (SSSR count). The smallest absolute Gasteiger partial charge is 0.387 e. The van der Waals surface area contributed by atoms with E-state index in [1.54, 1.807) is 47.1 Å². The maximum atomic E-state index is 13.4. The zero-order valence-electron chi connectivity index (χ0n) is 19.3. The number of alkyl halides is 2. The third kappa shape index (κ3) is 4.75. The number of amides is 2. The molecule has 11 heteroatoms. The topological polar surface area (TPSA) is 94.9 Å². The minimum Gasteiger partial charge on any atom is -0.493 e. The molecule has 1 atom stereocenters. The molecule has 0 fully saturated rings. The Hall–Kier alpha value is -4.15. The van der Waals surface area contributed by atoms with Crippen molar-refractivity contribution in [1.82, 2.24) is 15.1 Å². The number of benzene rings is 2. The van der Waals surface area contributed by atoms with Gasteiger partial charge >= 0.3 is 6.61 Å². The van der Waals surface area contributed by atoms with Gasteiger partial charge in [-0.1, -0.05) is 12.1 Å². The van der Waals surface area contributed by atoms with Gasteiger partial charge in [0.05, 0.1) is 43.4 Å². The number of ether oxygens (including phenoxy) is 3. The lowest BCUT2D eigenvalue weighted by Crippen LogP contribution is -2.41. The second kappa shape index (κ2) is 10.00. The van der Waals surface area contributed by atoms with Crippen molar-refractivity contribution >= 4 is 17.5 Å². The molecule has 184 valence electrons. The quantitative estimate of drug-likeness (QED) is 0.549. The zero-order valence-corrected chi connectivity index (χ0v) is 19.3. The van der Waals surface area contributed by atoms with E-state index < -0.39 is 18.6 Å². The number of aryl methyl sites for hydroxylation is 1. The first kappa shape index (κ1) is 24.0. The van der Waals surface area contributed by atoms with Crippen LogP contribution in [0.5, 0.6) is 17.2 Å². The second-order valence-corrected chi connectivity index (χ2v) is 7.75. The molecule has 9 nitrogen and oxygen atoms in total. The van der Waals surface area contributed by atoms with Gasteiger partial charge in [-0.25, -0.2) is 0 Å². The van der Waals surface area contributed by atoms with Crippen molar-refractivity contribution < 1.29 is 32.6 Å². The van der Waals surface area contributed by atoms with Crippen LogP contribution in [0.4, 0.5) is 14.5 Å². The van der Waals surface area contributed by atoms with E-state index in [0.29, 0.717) is 41.4 Å². The fourth-order valence-electron chi connectivity index (χ4n) is 4.13. The summed E-state index contributed by atoms with van der Waals surface area (Å²) in [4.78, 5) is 27.9. The van der Waals surface area contributed by atoms with E-state index in [1.807, 2.05) is 0 Å². The van der Waals surface area contributed by atoms with Crippen LogP contribution < -0.4 is 24.4 Å². The number of aromatic nitrogens is 2. The zero-order chi connectivity index (χ0) is 25.1. The predicted molar refractivity (Wildman–Crippen MR) is 122 cm³/mol. The number of rotatable bonds is 7. The summed E-state index contributed by atoms with van der Waals surface area (Å²) >= 11 is 0. The molecular formula is C24H24F2N4O5. The lowest BCUT2D eigenvalue weighted by atomic mass is 10.0. The average molecular weight is 486 g/mol. The van der Waals surface area contributed by atoms with Gasteiger partial charge in [0.1, 0.15) is 5.75 Å². The summed E-state index contributed by atoms with van der Waals surface area (Å²) in [6.45, 7) is -2.76. The van der Waals surface area contributed by atoms with Gasteiger partial charge in [0, 0.05) is 19.2 Å². The number of halogens is 2. The van der Waals surface area contributed by atoms with E-state index in [4.69, 9.17) is 9.47 Å². The van der Waals surface area contributed by atoms with Crippen molar-refractivity contribution in [1.29, 1.82) is 0 Å². The first-order valence-corrected chi connectivity index (χ1v) is 10.7. The molecule has 2 aromatic carbocycles. The van der Waals surface area contributed by atoms with E-state index in [0.717, 1.165) is 0 Å². The maximum absolute atomic E-state index is 13.4. The normalized spacial score (nSPS) is 14.9. The Labute approximate surface area is 200 Å². The number of carbonyl (C=O) groups is 2. The number of hydrogen-bond donors (Lipinski definition) is 1. The van der Waals surface area contributed by atoms with E-state index in [2.05, 4.69) is 15.2 Å². The van der Waals surface area contributed by atoms with Gasteiger partial charge in [-0.3, -0.25) is 14.3 Å². The highest BCUT2D eigenvalue weighted by Crippen LogP contribution is 2.36. The minimum atomic E-state index is -3.06. The van der Waals surface area contributed by atoms with Crippen LogP contribution in [0.3, 0.4) is 0 Å². The van der Waals surface area contributed by atoms with Crippen LogP contribution in [0.1, 0.15) is 38.9 Å². The van der Waals surface area contributed by atoms with Gasteiger partial charge in [0.2, 0.25) is 0 Å². The number of para-hydroxylation sites is 1. The lowest BCUT2D eigenvalue weighted by Gasteiger charge is -2.32. The minimum absolute atomic E-state index is 0.0136. The van der Waals surface area contributed by atoms with Crippen LogP contribution in [0.2, 0.25) is 0 Å². The van der Waals surface area contributed by atoms with Crippen molar-refractivity contribution in [3.8, 4) is 17.2 Å². The standard InChI is InChI=1S/C24H24F2N4O5/c1-29-21-16(28-22(31)15-6-4-5-7-18(15)35-24(25)26)10-11-30(17(21)13-27-29)23(32)14-8-9-19(33-2)20(12-14)34-3/h4-9,12-13,16,24H,10-11H2,1-3H3,(H,28,31). The highest BCUT2D eigenvalue weighted by Gasteiger charge is 2.34. The van der Waals surface area contributed by atoms with Crippen LogP contribution in [0, 0.1) is 0 Å². The Morgan fingerprint density at radius 2 is 1.83 bits per heavy atom. The first-order chi connectivity index (χ1) is 16.8. The van der Waals surface area contributed by atoms with Gasteiger partial charge in [-0.15, -0.1) is 0 Å². The molecule has 35 heavy (non-hydrogen) atoms. The summed E-state index contributed by atoms with van der Waals surface area (Å²) in [6, 6.07) is 10.2. The molecule has 2 heterocycles. The van der Waals surface area contributed by atoms with Crippen LogP contribution in [0.25, 0.3) is 0 Å². The van der Waals surface area contributed by atoms with Crippen LogP contribution in [0.15, 0.2) is 48.7 Å². The number of fused-ring (bicyclic) bond motifs is 1. The molecule has 0 saturated carbocycles. The summed E-state index contributed by atoms with van der Waals surface area (Å²) < 4.78 is 42.1. The van der Waals surface area contributed by atoms with E-state index >= 15 is 0 Å². The molecule has 0 bridgehead atoms. The van der Waals surface area contributed by atoms with Crippen molar-refractivity contribution in [2.75, 3.05) is 25.7 Å². The molecule has 1 aliphatic rings. The number of nitrogens with one attached hydrogen (secondary N) is 1. The van der Waals surface area contributed by atoms with Crippen molar-refractivity contribution in [2.45, 2.75) is 19.1 Å². The third-order valence-corrected chi connectivity index (χ3v) is 5.76. The van der Waals surface area contributed by atoms with Crippen LogP contribution >= 0.6 is 0 Å². The molecule has 0 spiro atoms. The fourth-order valence-corrected chi connectivity index (χ4v) is 4.13. The Kier molecular flexibility index (Phi) is 6.85. The summed E-state index contributed by atoms with van der Waals surface area (Å²) in [6.07, 6.45) is 1.94. The Morgan fingerprint density at radius 1 is 1.09 bits per heavy atom. The second-order valence-electron chi connectivity index (χ2n) is 7.75. The first-order valence-electron chi connectivity index (χ1n) is 10.7. The molecular weight excluding hydrogens is 462 g/mol. The van der Waals surface area contributed by atoms with E-state index in [9.17, 15) is 18.4 Å². The number of hydrogen-bond acceptors (Lipinski definition) is 6. The summed E-state index contributed by atoms with van der Waals surface area (Å²) in [5.41, 5.74) is 1.55. The number of nitrogens with zero attached hydrogens (tertiary/aromatic N) is 3. The van der Waals surface area contributed by atoms with Gasteiger partial charge in [0.25, 0.3) is 11.8 Å². The van der Waals surface area contributed by atoms with Crippen molar-refractivity contribution in [2.24, 2.45) is 7.05 Å². The van der Waals surface area contributed by atoms with Gasteiger partial charge in [0.15, 0.2) is 11.5 Å². The number of carbonyl (C=O) groups excluding carboxylic acids is 2. The third-order valence-electron chi connectivity index (χ3n) is 5.76. The average Bonchev–Trinajstić information content (AvgIpc) is 3.25. The van der Waals surface area contributed by atoms with Gasteiger partial charge in [-0.05, 0) is 36.8 Å². The lowest BCUT2D eigenvalue weighted by molar-refractivity contribution is -0.0501. The summed E-state index contributed by atoms with van der Waals surface area (Å²) in [7, 11) is 4.71. The molecule has 3 aromatic rings. The molecule has 0 radical (unpaired) electrons. The Bertz CT molecular complexity index is 1250. The molecule has 0 aliphatic carbocycles. The highest BCUT2D eigenvalue weighted by atomic mass is 19.3. The molecule has 1 aromatic heterocycles. The Balaban J connectivity index is 1.59. The molecule has 0 saturated heterocycles. The Morgan fingerprint density at radius 3 is 2.54 bits per heavy atom. The van der Waals surface area contributed by atoms with Crippen molar-refractivity contribution in [3.05, 3.63) is 65.5 Å². The van der Waals surface area contributed by atoms with Crippen LogP contribution in [-0.4, -0.2) is 49.0 Å². The fraction of sp³-hybridized carbons (Fsp3) is 0.292. The van der Waals surface area contributed by atoms with Crippen molar-refractivity contribution in [3.63, 3.8) is 0 Å². The monoisotopic (exact) mass is 486 g/mol. The predicted octanol–water partition coefficient (Wildman–Crippen LogP) is 3.56. The van der Waals surface area contributed by atoms with Crippen LogP contribution in [-0.2, 0) is 7.05 Å². The molecule has 1 unspecified atom stereocenters.